The summed E-state index contributed by atoms with van der Waals surface area (Å²) in [6.45, 7) is 2.80. The quantitative estimate of drug-likeness (QED) is 0.198. The van der Waals surface area contributed by atoms with Crippen LogP contribution >= 0.6 is 0 Å². The van der Waals surface area contributed by atoms with Crippen molar-refractivity contribution in [3.63, 3.8) is 0 Å². The first-order chi connectivity index (χ1) is 6.20. The van der Waals surface area contributed by atoms with Crippen LogP contribution < -0.4 is 22.1 Å². The van der Waals surface area contributed by atoms with Gasteiger partial charge < -0.3 is 11.1 Å². The van der Waals surface area contributed by atoms with Crippen LogP contribution in [0, 0.1) is 0 Å². The summed E-state index contributed by atoms with van der Waals surface area (Å²) < 4.78 is 0. The molecule has 13 heavy (non-hydrogen) atoms. The first-order valence-corrected chi connectivity index (χ1v) is 4.33. The van der Waals surface area contributed by atoms with Crippen molar-refractivity contribution < 1.29 is 0 Å². The van der Waals surface area contributed by atoms with Gasteiger partial charge in [-0.3, -0.25) is 16.0 Å². The number of nitrogens with one attached hydrogen (secondary N) is 2. The molecule has 0 aromatic heterocycles. The Labute approximate surface area is 79.3 Å². The van der Waals surface area contributed by atoms with Crippen molar-refractivity contribution in [2.24, 2.45) is 16.5 Å². The van der Waals surface area contributed by atoms with Gasteiger partial charge in [0.15, 0.2) is 5.96 Å². The van der Waals surface area contributed by atoms with E-state index < -0.39 is 0 Å². The van der Waals surface area contributed by atoms with Gasteiger partial charge >= 0.3 is 0 Å². The van der Waals surface area contributed by atoms with E-state index in [1.807, 2.05) is 6.08 Å². The van der Waals surface area contributed by atoms with Crippen LogP contribution in [-0.2, 0) is 0 Å². The Morgan fingerprint density at radius 2 is 2.23 bits per heavy atom. The minimum Gasteiger partial charge on any atom is -0.370 e. The van der Waals surface area contributed by atoms with E-state index in [9.17, 15) is 0 Å². The van der Waals surface area contributed by atoms with Gasteiger partial charge in [-0.2, -0.15) is 0 Å². The predicted molar refractivity (Wildman–Crippen MR) is 56.1 cm³/mol. The molecule has 0 heterocycles. The average Bonchev–Trinajstić information content (AvgIpc) is 2.12. The molecule has 0 aromatic carbocycles. The highest BCUT2D eigenvalue weighted by Gasteiger charge is 1.98. The summed E-state index contributed by atoms with van der Waals surface area (Å²) >= 11 is 0. The van der Waals surface area contributed by atoms with Crippen molar-refractivity contribution in [1.82, 2.24) is 10.6 Å². The molecular weight excluding hydrogens is 166 g/mol. The van der Waals surface area contributed by atoms with Crippen molar-refractivity contribution in [2.75, 3.05) is 13.6 Å². The molecule has 1 unspecified atom stereocenters. The van der Waals surface area contributed by atoms with Crippen LogP contribution in [0.3, 0.4) is 0 Å². The van der Waals surface area contributed by atoms with Gasteiger partial charge in [0.05, 0.1) is 0 Å². The molecule has 0 spiro atoms. The summed E-state index contributed by atoms with van der Waals surface area (Å²) in [7, 11) is 1.60. The lowest BCUT2D eigenvalue weighted by Gasteiger charge is -2.14. The highest BCUT2D eigenvalue weighted by atomic mass is 15.3. The number of hydrogen-bond acceptors (Lipinski definition) is 3. The first kappa shape index (κ1) is 11.9. The van der Waals surface area contributed by atoms with Crippen molar-refractivity contribution >= 4 is 5.96 Å². The smallest absolute Gasteiger partial charge is 0.190 e. The molecule has 0 aliphatic carbocycles. The molecule has 5 heteroatoms. The second-order valence-electron chi connectivity index (χ2n) is 2.52. The fourth-order valence-corrected chi connectivity index (χ4v) is 0.720. The van der Waals surface area contributed by atoms with Gasteiger partial charge in [-0.05, 0) is 6.42 Å². The van der Waals surface area contributed by atoms with Crippen LogP contribution in [0.25, 0.3) is 0 Å². The molecule has 76 valence electrons. The van der Waals surface area contributed by atoms with Crippen molar-refractivity contribution in [3.05, 3.63) is 12.2 Å². The molecule has 0 amide bonds. The fourth-order valence-electron chi connectivity index (χ4n) is 0.720. The normalized spacial score (nSPS) is 14.8. The minimum atomic E-state index is -0.356. The Kier molecular flexibility index (Phi) is 6.95. The Hall–Kier alpha value is -1.07. The summed E-state index contributed by atoms with van der Waals surface area (Å²) in [5, 5.41) is 5.77. The molecule has 6 N–H and O–H groups in total. The second-order valence-corrected chi connectivity index (χ2v) is 2.52. The summed E-state index contributed by atoms with van der Waals surface area (Å²) in [6.07, 6.45) is 4.76. The van der Waals surface area contributed by atoms with Crippen molar-refractivity contribution in [2.45, 2.75) is 19.6 Å². The van der Waals surface area contributed by atoms with Gasteiger partial charge in [0, 0.05) is 13.6 Å². The standard InChI is InChI=1S/C8H19N5/c1-3-4-5-6-12-8(10)13-7(9)11-2/h4-5,8,12H,3,6,10H2,1-2H3,(H3,9,11,13)/b5-4-. The van der Waals surface area contributed by atoms with Crippen LogP contribution in [0.1, 0.15) is 13.3 Å². The lowest BCUT2D eigenvalue weighted by atomic mass is 10.4. The van der Waals surface area contributed by atoms with E-state index in [4.69, 9.17) is 11.5 Å². The van der Waals surface area contributed by atoms with E-state index in [1.165, 1.54) is 0 Å². The van der Waals surface area contributed by atoms with Crippen LogP contribution in [0.2, 0.25) is 0 Å². The third-order valence-corrected chi connectivity index (χ3v) is 1.40. The Morgan fingerprint density at radius 1 is 1.54 bits per heavy atom. The van der Waals surface area contributed by atoms with Gasteiger partial charge in [-0.25, -0.2) is 0 Å². The molecule has 0 saturated carbocycles. The molecule has 0 fully saturated rings. The van der Waals surface area contributed by atoms with Crippen LogP contribution in [0.15, 0.2) is 17.1 Å². The third-order valence-electron chi connectivity index (χ3n) is 1.40. The monoisotopic (exact) mass is 185 g/mol. The Bertz CT molecular complexity index is 175. The SMILES string of the molecule is CC/C=C\CNC(N)NC(N)=NC. The minimum absolute atomic E-state index is 0.333. The third kappa shape index (κ3) is 7.30. The summed E-state index contributed by atoms with van der Waals surface area (Å²) in [5.74, 6) is 0.333. The highest BCUT2D eigenvalue weighted by molar-refractivity contribution is 5.77. The lowest BCUT2D eigenvalue weighted by molar-refractivity contribution is 0.526. The van der Waals surface area contributed by atoms with Crippen molar-refractivity contribution in [1.29, 1.82) is 0 Å². The number of guanidine groups is 1. The second kappa shape index (κ2) is 7.57. The maximum Gasteiger partial charge on any atom is 0.190 e. The fraction of sp³-hybridized carbons (Fsp3) is 0.625. The average molecular weight is 185 g/mol. The Balaban J connectivity index is 3.51. The van der Waals surface area contributed by atoms with Crippen LogP contribution in [-0.4, -0.2) is 25.8 Å². The topological polar surface area (TPSA) is 88.5 Å². The zero-order chi connectivity index (χ0) is 10.1. The molecular formula is C8H19N5. The number of allylic oxidation sites excluding steroid dienone is 1. The van der Waals surface area contributed by atoms with E-state index in [-0.39, 0.29) is 6.29 Å². The molecule has 0 bridgehead atoms. The molecule has 5 nitrogen and oxygen atoms in total. The van der Waals surface area contributed by atoms with E-state index in [2.05, 4.69) is 28.6 Å². The summed E-state index contributed by atoms with van der Waals surface area (Å²) in [5.41, 5.74) is 11.0. The summed E-state index contributed by atoms with van der Waals surface area (Å²) in [6, 6.07) is 0. The molecule has 1 atom stereocenters. The highest BCUT2D eigenvalue weighted by Crippen LogP contribution is 1.77. The molecule has 0 aromatic rings. The van der Waals surface area contributed by atoms with E-state index in [1.54, 1.807) is 7.05 Å². The van der Waals surface area contributed by atoms with E-state index in [0.29, 0.717) is 5.96 Å². The van der Waals surface area contributed by atoms with Gasteiger partial charge in [-0.15, -0.1) is 0 Å². The zero-order valence-corrected chi connectivity index (χ0v) is 8.25. The van der Waals surface area contributed by atoms with Crippen LogP contribution in [0.5, 0.6) is 0 Å². The lowest BCUT2D eigenvalue weighted by Crippen LogP contribution is -2.53. The number of nitrogens with two attached hydrogens (primary N) is 2. The maximum atomic E-state index is 5.62. The molecule has 0 rings (SSSR count). The van der Waals surface area contributed by atoms with E-state index in [0.717, 1.165) is 13.0 Å². The largest absolute Gasteiger partial charge is 0.370 e. The van der Waals surface area contributed by atoms with Crippen LogP contribution in [0.4, 0.5) is 0 Å². The van der Waals surface area contributed by atoms with Gasteiger partial charge in [-0.1, -0.05) is 19.1 Å². The van der Waals surface area contributed by atoms with Gasteiger partial charge in [0.2, 0.25) is 0 Å². The van der Waals surface area contributed by atoms with E-state index >= 15 is 0 Å². The Morgan fingerprint density at radius 3 is 2.77 bits per heavy atom. The summed E-state index contributed by atoms with van der Waals surface area (Å²) in [4.78, 5) is 3.72. The first-order valence-electron chi connectivity index (χ1n) is 4.33. The number of hydrogen-bond donors (Lipinski definition) is 4. The maximum absolute atomic E-state index is 5.62. The number of rotatable bonds is 5. The zero-order valence-electron chi connectivity index (χ0n) is 8.25. The molecule has 0 aliphatic rings. The number of nitrogens with zero attached hydrogens (tertiary/aromatic N) is 1. The molecule has 0 saturated heterocycles. The van der Waals surface area contributed by atoms with Gasteiger partial charge in [0.25, 0.3) is 0 Å². The molecule has 0 radical (unpaired) electrons. The van der Waals surface area contributed by atoms with Crippen molar-refractivity contribution in [3.8, 4) is 0 Å². The number of aliphatic imine (C=N–C) groups is 1. The molecule has 0 aliphatic heterocycles. The predicted octanol–water partition coefficient (Wildman–Crippen LogP) is -0.681. The van der Waals surface area contributed by atoms with Gasteiger partial charge in [0.1, 0.15) is 6.29 Å².